The molecular weight excluding hydrogens is 590 g/mol. The number of amides is 3. The average molecular weight is 626 g/mol. The molecule has 0 aliphatic heterocycles. The molecule has 3 amide bonds. The summed E-state index contributed by atoms with van der Waals surface area (Å²) in [6.45, 7) is 2.76. The summed E-state index contributed by atoms with van der Waals surface area (Å²) in [5.74, 6) is 0.0182. The first kappa shape index (κ1) is 32.7. The minimum atomic E-state index is -0.573. The standard InChI is InChI=1S/C35H35N3O6S/c1-3-4-19-44-29-17-14-26(15-18-29)36-33(40)23-45-30-12-8-11-27(21-30)37-35(42)31(38-34(41)24-9-6-5-7-10-24)20-25-13-16-28(39)22-32(25)43-2/h5-18,20-22,39H,3-4,19,23H2,1-2H3,(H,36,40)(H,37,42)(H,38,41)/b31-20+. The summed E-state index contributed by atoms with van der Waals surface area (Å²) in [6.07, 6.45) is 3.52. The van der Waals surface area contributed by atoms with Crippen molar-refractivity contribution in [2.24, 2.45) is 0 Å². The lowest BCUT2D eigenvalue weighted by Crippen LogP contribution is -2.30. The number of aromatic hydroxyl groups is 1. The first-order chi connectivity index (χ1) is 21.8. The molecule has 0 aliphatic rings. The van der Waals surface area contributed by atoms with Crippen LogP contribution in [0, 0.1) is 0 Å². The van der Waals surface area contributed by atoms with E-state index >= 15 is 0 Å². The van der Waals surface area contributed by atoms with Crippen LogP contribution in [0.4, 0.5) is 11.4 Å². The van der Waals surface area contributed by atoms with Crippen molar-refractivity contribution >= 4 is 46.9 Å². The minimum absolute atomic E-state index is 0.00312. The maximum absolute atomic E-state index is 13.5. The van der Waals surface area contributed by atoms with Crippen molar-refractivity contribution in [2.45, 2.75) is 24.7 Å². The van der Waals surface area contributed by atoms with Crippen LogP contribution in [0.25, 0.3) is 6.08 Å². The summed E-state index contributed by atoms with van der Waals surface area (Å²) >= 11 is 1.32. The Kier molecular flexibility index (Phi) is 12.0. The van der Waals surface area contributed by atoms with E-state index in [9.17, 15) is 19.5 Å². The number of thioether (sulfide) groups is 1. The van der Waals surface area contributed by atoms with E-state index < -0.39 is 11.8 Å². The van der Waals surface area contributed by atoms with Gasteiger partial charge < -0.3 is 30.5 Å². The zero-order valence-corrected chi connectivity index (χ0v) is 25.9. The van der Waals surface area contributed by atoms with Gasteiger partial charge in [0.15, 0.2) is 0 Å². The van der Waals surface area contributed by atoms with Gasteiger partial charge >= 0.3 is 0 Å². The Morgan fingerprint density at radius 2 is 1.64 bits per heavy atom. The van der Waals surface area contributed by atoms with Crippen molar-refractivity contribution in [3.8, 4) is 17.2 Å². The van der Waals surface area contributed by atoms with Crippen LogP contribution in [-0.4, -0.2) is 42.3 Å². The van der Waals surface area contributed by atoms with Gasteiger partial charge in [0.25, 0.3) is 11.8 Å². The third kappa shape index (κ3) is 10.2. The van der Waals surface area contributed by atoms with Crippen LogP contribution in [0.3, 0.4) is 0 Å². The van der Waals surface area contributed by atoms with Crippen molar-refractivity contribution in [3.63, 3.8) is 0 Å². The second-order valence-corrected chi connectivity index (χ2v) is 10.9. The number of anilines is 2. The first-order valence-electron chi connectivity index (χ1n) is 14.4. The van der Waals surface area contributed by atoms with E-state index in [2.05, 4.69) is 22.9 Å². The van der Waals surface area contributed by atoms with E-state index in [0.717, 1.165) is 23.5 Å². The predicted molar refractivity (Wildman–Crippen MR) is 178 cm³/mol. The van der Waals surface area contributed by atoms with Gasteiger partial charge in [-0.05, 0) is 79.2 Å². The summed E-state index contributed by atoms with van der Waals surface area (Å²) in [7, 11) is 1.44. The quantitative estimate of drug-likeness (QED) is 0.0696. The Labute approximate surface area is 266 Å². The number of rotatable bonds is 14. The first-order valence-corrected chi connectivity index (χ1v) is 15.3. The number of phenolic OH excluding ortho intramolecular Hbond substituents is 1. The minimum Gasteiger partial charge on any atom is -0.508 e. The Morgan fingerprint density at radius 3 is 2.38 bits per heavy atom. The summed E-state index contributed by atoms with van der Waals surface area (Å²) in [5, 5.41) is 18.2. The van der Waals surface area contributed by atoms with Crippen LogP contribution in [0.2, 0.25) is 0 Å². The molecule has 0 aliphatic carbocycles. The highest BCUT2D eigenvalue weighted by Gasteiger charge is 2.17. The van der Waals surface area contributed by atoms with Crippen LogP contribution in [0.5, 0.6) is 17.2 Å². The Hall–Kier alpha value is -5.22. The van der Waals surface area contributed by atoms with Crippen LogP contribution in [0.15, 0.2) is 108 Å². The highest BCUT2D eigenvalue weighted by atomic mass is 32.2. The molecule has 9 nitrogen and oxygen atoms in total. The number of methoxy groups -OCH3 is 1. The summed E-state index contributed by atoms with van der Waals surface area (Å²) in [6, 6.07) is 27.3. The molecule has 0 saturated carbocycles. The van der Waals surface area contributed by atoms with Gasteiger partial charge in [0.1, 0.15) is 22.9 Å². The molecule has 0 atom stereocenters. The monoisotopic (exact) mass is 625 g/mol. The highest BCUT2D eigenvalue weighted by molar-refractivity contribution is 8.00. The lowest BCUT2D eigenvalue weighted by Gasteiger charge is -2.13. The molecular formula is C35H35N3O6S. The second-order valence-electron chi connectivity index (χ2n) is 9.85. The fourth-order valence-corrected chi connectivity index (χ4v) is 4.85. The largest absolute Gasteiger partial charge is 0.508 e. The Morgan fingerprint density at radius 1 is 0.867 bits per heavy atom. The lowest BCUT2D eigenvalue weighted by atomic mass is 10.1. The number of benzene rings is 4. The molecule has 4 aromatic carbocycles. The predicted octanol–water partition coefficient (Wildman–Crippen LogP) is 6.72. The van der Waals surface area contributed by atoms with Gasteiger partial charge in [0.05, 0.1) is 19.5 Å². The van der Waals surface area contributed by atoms with Gasteiger partial charge in [-0.2, -0.15) is 0 Å². The number of ether oxygens (including phenoxy) is 2. The molecule has 0 bridgehead atoms. The molecule has 4 N–H and O–H groups in total. The van der Waals surface area contributed by atoms with Crippen LogP contribution < -0.4 is 25.4 Å². The number of phenols is 1. The molecule has 0 aromatic heterocycles. The van der Waals surface area contributed by atoms with Crippen molar-refractivity contribution in [1.82, 2.24) is 5.32 Å². The summed E-state index contributed by atoms with van der Waals surface area (Å²) in [4.78, 5) is 39.8. The SMILES string of the molecule is CCCCOc1ccc(NC(=O)CSc2cccc(NC(=O)/C(=C\c3ccc(O)cc3OC)NC(=O)c3ccccc3)c2)cc1. The van der Waals surface area contributed by atoms with E-state index in [4.69, 9.17) is 9.47 Å². The summed E-state index contributed by atoms with van der Waals surface area (Å²) in [5.41, 5.74) is 1.96. The fourth-order valence-electron chi connectivity index (χ4n) is 4.09. The Balaban J connectivity index is 1.42. The summed E-state index contributed by atoms with van der Waals surface area (Å²) < 4.78 is 11.0. The molecule has 10 heteroatoms. The van der Waals surface area contributed by atoms with Gasteiger partial charge in [0.2, 0.25) is 5.91 Å². The number of hydrogen-bond donors (Lipinski definition) is 4. The fraction of sp³-hybridized carbons (Fsp3) is 0.171. The van der Waals surface area contributed by atoms with Gasteiger partial charge in [-0.15, -0.1) is 11.8 Å². The van der Waals surface area contributed by atoms with Gasteiger partial charge in [-0.25, -0.2) is 0 Å². The smallest absolute Gasteiger partial charge is 0.272 e. The van der Waals surface area contributed by atoms with Gasteiger partial charge in [-0.3, -0.25) is 14.4 Å². The van der Waals surface area contributed by atoms with Gasteiger partial charge in [0, 0.05) is 33.5 Å². The molecule has 0 unspecified atom stereocenters. The van der Waals surface area contributed by atoms with Crippen molar-refractivity contribution in [1.29, 1.82) is 0 Å². The molecule has 0 fully saturated rings. The van der Waals surface area contributed by atoms with E-state index in [1.165, 1.54) is 37.1 Å². The molecule has 4 rings (SSSR count). The number of unbranched alkanes of at least 4 members (excludes halogenated alkanes) is 1. The number of carbonyl (C=O) groups excluding carboxylic acids is 3. The zero-order valence-electron chi connectivity index (χ0n) is 25.0. The van der Waals surface area contributed by atoms with Gasteiger partial charge in [-0.1, -0.05) is 37.6 Å². The number of carbonyl (C=O) groups is 3. The number of hydrogen-bond acceptors (Lipinski definition) is 7. The Bertz CT molecular complexity index is 1640. The third-order valence-corrected chi connectivity index (χ3v) is 7.41. The lowest BCUT2D eigenvalue weighted by molar-refractivity contribution is -0.114. The van der Waals surface area contributed by atoms with E-state index in [-0.39, 0.29) is 23.1 Å². The van der Waals surface area contributed by atoms with E-state index in [0.29, 0.717) is 34.9 Å². The second kappa shape index (κ2) is 16.6. The normalized spacial score (nSPS) is 10.9. The average Bonchev–Trinajstić information content (AvgIpc) is 3.05. The highest BCUT2D eigenvalue weighted by Crippen LogP contribution is 2.27. The third-order valence-electron chi connectivity index (χ3n) is 6.41. The zero-order chi connectivity index (χ0) is 32.0. The maximum Gasteiger partial charge on any atom is 0.272 e. The molecule has 0 spiro atoms. The molecule has 0 heterocycles. The van der Waals surface area contributed by atoms with Crippen LogP contribution in [-0.2, 0) is 9.59 Å². The maximum atomic E-state index is 13.5. The number of nitrogens with one attached hydrogen (secondary N) is 3. The van der Waals surface area contributed by atoms with Crippen LogP contribution in [0.1, 0.15) is 35.7 Å². The van der Waals surface area contributed by atoms with E-state index in [1.54, 1.807) is 66.7 Å². The topological polar surface area (TPSA) is 126 Å². The molecule has 0 saturated heterocycles. The van der Waals surface area contributed by atoms with Crippen molar-refractivity contribution in [3.05, 3.63) is 114 Å². The molecule has 4 aromatic rings. The van der Waals surface area contributed by atoms with Crippen molar-refractivity contribution in [2.75, 3.05) is 30.1 Å². The van der Waals surface area contributed by atoms with E-state index in [1.807, 2.05) is 18.2 Å². The molecule has 45 heavy (non-hydrogen) atoms. The molecule has 0 radical (unpaired) electrons. The van der Waals surface area contributed by atoms with Crippen molar-refractivity contribution < 1.29 is 29.0 Å². The van der Waals surface area contributed by atoms with Crippen LogP contribution >= 0.6 is 11.8 Å². The molecule has 232 valence electrons.